The Balaban J connectivity index is 1.45. The minimum Gasteiger partial charge on any atom is -0.494 e. The summed E-state index contributed by atoms with van der Waals surface area (Å²) in [5.74, 6) is 0.746. The monoisotopic (exact) mass is 366 g/mol. The van der Waals surface area contributed by atoms with Crippen LogP contribution in [0.2, 0.25) is 0 Å². The first-order valence-corrected chi connectivity index (χ1v) is 9.97. The zero-order valence-corrected chi connectivity index (χ0v) is 15.7. The molecule has 4 heteroatoms. The number of hydrogen-bond acceptors (Lipinski definition) is 2. The van der Waals surface area contributed by atoms with Crippen LogP contribution >= 0.6 is 0 Å². The number of ether oxygens (including phenoxy) is 1. The molecule has 2 aromatic carbocycles. The normalized spacial score (nSPS) is 15.3. The van der Waals surface area contributed by atoms with E-state index in [1.54, 1.807) is 12.1 Å². The molecular formula is C23H27FN2O. The molecule has 0 aliphatic carbocycles. The van der Waals surface area contributed by atoms with Crippen molar-refractivity contribution in [2.75, 3.05) is 19.7 Å². The number of hydrogen-bond donors (Lipinski definition) is 0. The summed E-state index contributed by atoms with van der Waals surface area (Å²) in [5.41, 5.74) is 2.35. The zero-order chi connectivity index (χ0) is 18.5. The molecule has 3 nitrogen and oxygen atoms in total. The average Bonchev–Trinajstić information content (AvgIpc) is 3.03. The van der Waals surface area contributed by atoms with Gasteiger partial charge in [0.05, 0.1) is 6.61 Å². The number of nitrogens with zero attached hydrogens (tertiary/aromatic N) is 2. The lowest BCUT2D eigenvalue weighted by atomic mass is 10.1. The van der Waals surface area contributed by atoms with Crippen LogP contribution < -0.4 is 4.74 Å². The van der Waals surface area contributed by atoms with Gasteiger partial charge in [-0.2, -0.15) is 0 Å². The molecule has 0 spiro atoms. The van der Waals surface area contributed by atoms with Crippen LogP contribution in [0.3, 0.4) is 0 Å². The van der Waals surface area contributed by atoms with Crippen LogP contribution in [0.25, 0.3) is 10.9 Å². The Kier molecular flexibility index (Phi) is 5.73. The van der Waals surface area contributed by atoms with Gasteiger partial charge in [-0.1, -0.05) is 24.6 Å². The molecule has 1 saturated heterocycles. The van der Waals surface area contributed by atoms with Crippen LogP contribution in [-0.4, -0.2) is 29.2 Å². The average molecular weight is 366 g/mol. The first-order chi connectivity index (χ1) is 13.3. The highest BCUT2D eigenvalue weighted by atomic mass is 19.1. The fourth-order valence-electron chi connectivity index (χ4n) is 3.95. The molecule has 0 N–H and O–H groups in total. The van der Waals surface area contributed by atoms with E-state index < -0.39 is 0 Å². The third-order valence-corrected chi connectivity index (χ3v) is 5.32. The summed E-state index contributed by atoms with van der Waals surface area (Å²) in [6, 6.07) is 15.1. The molecule has 0 radical (unpaired) electrons. The van der Waals surface area contributed by atoms with E-state index in [1.807, 2.05) is 36.4 Å². The third-order valence-electron chi connectivity index (χ3n) is 5.32. The van der Waals surface area contributed by atoms with Gasteiger partial charge in [0.2, 0.25) is 0 Å². The molecule has 0 bridgehead atoms. The molecule has 0 unspecified atom stereocenters. The number of aromatic nitrogens is 1. The predicted octanol–water partition coefficient (Wildman–Crippen LogP) is 5.24. The molecule has 1 aliphatic rings. The highest BCUT2D eigenvalue weighted by Crippen LogP contribution is 2.25. The van der Waals surface area contributed by atoms with Crippen LogP contribution in [0, 0.1) is 5.82 Å². The van der Waals surface area contributed by atoms with Crippen molar-refractivity contribution in [2.45, 2.75) is 38.8 Å². The second-order valence-corrected chi connectivity index (χ2v) is 7.36. The van der Waals surface area contributed by atoms with Crippen molar-refractivity contribution < 1.29 is 9.13 Å². The van der Waals surface area contributed by atoms with Gasteiger partial charge in [-0.25, -0.2) is 4.39 Å². The van der Waals surface area contributed by atoms with Crippen LogP contribution in [-0.2, 0) is 13.1 Å². The number of halogens is 1. The van der Waals surface area contributed by atoms with E-state index in [1.165, 1.54) is 24.8 Å². The van der Waals surface area contributed by atoms with Crippen molar-refractivity contribution in [3.63, 3.8) is 0 Å². The SMILES string of the molecule is Fc1ccc2c(c1)c(CN1CCCCC1)cn2CCCOc1ccccc1. The van der Waals surface area contributed by atoms with Gasteiger partial charge < -0.3 is 9.30 Å². The summed E-state index contributed by atoms with van der Waals surface area (Å²) in [6.45, 7) is 4.74. The molecule has 2 heterocycles. The molecule has 0 amide bonds. The Morgan fingerprint density at radius 3 is 2.59 bits per heavy atom. The first-order valence-electron chi connectivity index (χ1n) is 9.97. The maximum absolute atomic E-state index is 13.9. The summed E-state index contributed by atoms with van der Waals surface area (Å²) in [5, 5.41) is 1.05. The fraction of sp³-hybridized carbons (Fsp3) is 0.391. The third kappa shape index (κ3) is 4.51. The van der Waals surface area contributed by atoms with Gasteiger partial charge in [0.25, 0.3) is 0 Å². The van der Waals surface area contributed by atoms with E-state index in [2.05, 4.69) is 15.7 Å². The van der Waals surface area contributed by atoms with Crippen molar-refractivity contribution in [3.05, 3.63) is 66.1 Å². The highest BCUT2D eigenvalue weighted by Gasteiger charge is 2.15. The maximum atomic E-state index is 13.9. The Morgan fingerprint density at radius 1 is 0.963 bits per heavy atom. The summed E-state index contributed by atoms with van der Waals surface area (Å²) in [4.78, 5) is 2.49. The fourth-order valence-corrected chi connectivity index (χ4v) is 3.95. The summed E-state index contributed by atoms with van der Waals surface area (Å²) in [7, 11) is 0. The van der Waals surface area contributed by atoms with Crippen molar-refractivity contribution in [2.24, 2.45) is 0 Å². The second kappa shape index (κ2) is 8.57. The van der Waals surface area contributed by atoms with Gasteiger partial charge in [0.15, 0.2) is 0 Å². The van der Waals surface area contributed by atoms with Crippen LogP contribution in [0.15, 0.2) is 54.7 Å². The summed E-state index contributed by atoms with van der Waals surface area (Å²) in [6.07, 6.45) is 6.99. The second-order valence-electron chi connectivity index (χ2n) is 7.36. The smallest absolute Gasteiger partial charge is 0.123 e. The lowest BCUT2D eigenvalue weighted by Gasteiger charge is -2.26. The van der Waals surface area contributed by atoms with Gasteiger partial charge in [-0.05, 0) is 68.2 Å². The number of aryl methyl sites for hydroxylation is 1. The van der Waals surface area contributed by atoms with Gasteiger partial charge in [-0.3, -0.25) is 4.90 Å². The summed E-state index contributed by atoms with van der Waals surface area (Å²) < 4.78 is 21.9. The molecule has 4 rings (SSSR count). The topological polar surface area (TPSA) is 17.4 Å². The van der Waals surface area contributed by atoms with Crippen molar-refractivity contribution >= 4 is 10.9 Å². The minimum atomic E-state index is -0.160. The van der Waals surface area contributed by atoms with Gasteiger partial charge in [-0.15, -0.1) is 0 Å². The molecule has 1 fully saturated rings. The minimum absolute atomic E-state index is 0.160. The first kappa shape index (κ1) is 18.1. The van der Waals surface area contributed by atoms with Gasteiger partial charge >= 0.3 is 0 Å². The standard InChI is InChI=1S/C23H27FN2O/c24-20-10-11-23-22(16-20)19(17-25-12-5-2-6-13-25)18-26(23)14-7-15-27-21-8-3-1-4-9-21/h1,3-4,8-11,16,18H,2,5-7,12-15,17H2. The largest absolute Gasteiger partial charge is 0.494 e. The van der Waals surface area contributed by atoms with E-state index in [4.69, 9.17) is 4.74 Å². The summed E-state index contributed by atoms with van der Waals surface area (Å²) >= 11 is 0. The molecule has 27 heavy (non-hydrogen) atoms. The number of likely N-dealkylation sites (tertiary alicyclic amines) is 1. The number of piperidine rings is 1. The molecular weight excluding hydrogens is 339 g/mol. The Bertz CT molecular complexity index is 869. The maximum Gasteiger partial charge on any atom is 0.123 e. The van der Waals surface area contributed by atoms with Crippen molar-refractivity contribution in [1.29, 1.82) is 0 Å². The molecule has 1 aliphatic heterocycles. The molecule has 142 valence electrons. The van der Waals surface area contributed by atoms with Crippen molar-refractivity contribution in [3.8, 4) is 5.75 Å². The lowest BCUT2D eigenvalue weighted by molar-refractivity contribution is 0.221. The van der Waals surface area contributed by atoms with E-state index >= 15 is 0 Å². The molecule has 1 aromatic heterocycles. The van der Waals surface area contributed by atoms with Gasteiger partial charge in [0, 0.05) is 30.2 Å². The number of para-hydroxylation sites is 1. The van der Waals surface area contributed by atoms with Crippen LogP contribution in [0.4, 0.5) is 4.39 Å². The van der Waals surface area contributed by atoms with E-state index in [0.717, 1.165) is 49.3 Å². The van der Waals surface area contributed by atoms with E-state index in [9.17, 15) is 4.39 Å². The highest BCUT2D eigenvalue weighted by molar-refractivity contribution is 5.84. The molecule has 0 atom stereocenters. The van der Waals surface area contributed by atoms with E-state index in [-0.39, 0.29) is 5.82 Å². The molecule has 3 aromatic rings. The van der Waals surface area contributed by atoms with Crippen LogP contribution in [0.5, 0.6) is 5.75 Å². The Labute approximate surface area is 160 Å². The van der Waals surface area contributed by atoms with Crippen molar-refractivity contribution in [1.82, 2.24) is 9.47 Å². The predicted molar refractivity (Wildman–Crippen MR) is 108 cm³/mol. The Morgan fingerprint density at radius 2 is 1.78 bits per heavy atom. The number of fused-ring (bicyclic) bond motifs is 1. The number of benzene rings is 2. The molecule has 0 saturated carbocycles. The Hall–Kier alpha value is -2.33. The van der Waals surface area contributed by atoms with Crippen LogP contribution in [0.1, 0.15) is 31.2 Å². The lowest BCUT2D eigenvalue weighted by Crippen LogP contribution is -2.28. The number of rotatable bonds is 7. The van der Waals surface area contributed by atoms with E-state index in [0.29, 0.717) is 6.61 Å². The van der Waals surface area contributed by atoms with Gasteiger partial charge in [0.1, 0.15) is 11.6 Å². The zero-order valence-electron chi connectivity index (χ0n) is 15.7. The quantitative estimate of drug-likeness (QED) is 0.532.